The van der Waals surface area contributed by atoms with Gasteiger partial charge in [-0.25, -0.2) is 0 Å². The second-order valence-corrected chi connectivity index (χ2v) is 7.19. The van der Waals surface area contributed by atoms with E-state index in [9.17, 15) is 4.79 Å². The Bertz CT molecular complexity index is 770. The molecule has 0 bridgehead atoms. The summed E-state index contributed by atoms with van der Waals surface area (Å²) in [6.45, 7) is 8.49. The van der Waals surface area contributed by atoms with Gasteiger partial charge in [-0.3, -0.25) is 4.79 Å². The van der Waals surface area contributed by atoms with Crippen LogP contribution in [0.15, 0.2) is 42.5 Å². The number of aryl methyl sites for hydroxylation is 1. The van der Waals surface area contributed by atoms with Crippen molar-refractivity contribution >= 4 is 11.6 Å². The van der Waals surface area contributed by atoms with Crippen LogP contribution in [-0.4, -0.2) is 31.6 Å². The molecular weight excluding hydrogens is 324 g/mol. The van der Waals surface area contributed by atoms with Crippen LogP contribution in [0, 0.1) is 6.92 Å². The minimum Gasteiger partial charge on any atom is -0.492 e. The highest BCUT2D eigenvalue weighted by molar-refractivity contribution is 5.97. The Morgan fingerprint density at radius 2 is 2.04 bits per heavy atom. The highest BCUT2D eigenvalue weighted by Crippen LogP contribution is 2.30. The van der Waals surface area contributed by atoms with E-state index in [2.05, 4.69) is 35.3 Å². The largest absolute Gasteiger partial charge is 0.492 e. The van der Waals surface area contributed by atoms with Crippen LogP contribution in [0.4, 0.5) is 5.69 Å². The summed E-state index contributed by atoms with van der Waals surface area (Å²) in [5, 5.41) is 3.01. The minimum absolute atomic E-state index is 0.0229. The van der Waals surface area contributed by atoms with Crippen LogP contribution >= 0.6 is 0 Å². The normalized spacial score (nSPS) is 13.5. The van der Waals surface area contributed by atoms with Crippen molar-refractivity contribution in [2.45, 2.75) is 39.7 Å². The van der Waals surface area contributed by atoms with E-state index in [0.29, 0.717) is 6.61 Å². The van der Waals surface area contributed by atoms with E-state index in [0.717, 1.165) is 42.8 Å². The Morgan fingerprint density at radius 3 is 2.81 bits per heavy atom. The first-order valence-corrected chi connectivity index (χ1v) is 9.42. The zero-order chi connectivity index (χ0) is 18.5. The van der Waals surface area contributed by atoms with Crippen molar-refractivity contribution in [1.29, 1.82) is 0 Å². The molecule has 2 aromatic rings. The summed E-state index contributed by atoms with van der Waals surface area (Å²) >= 11 is 0. The Morgan fingerprint density at radius 1 is 1.23 bits per heavy atom. The highest BCUT2D eigenvalue weighted by Gasteiger charge is 2.22. The van der Waals surface area contributed by atoms with Crippen LogP contribution in [0.2, 0.25) is 0 Å². The van der Waals surface area contributed by atoms with Crippen LogP contribution in [0.25, 0.3) is 0 Å². The molecule has 3 rings (SSSR count). The Hall–Kier alpha value is -2.49. The average Bonchev–Trinajstić information content (AvgIpc) is 2.61. The summed E-state index contributed by atoms with van der Waals surface area (Å²) in [4.78, 5) is 14.8. The molecule has 1 aliphatic heterocycles. The lowest BCUT2D eigenvalue weighted by atomic mass is 9.95. The smallest absolute Gasteiger partial charge is 0.251 e. The summed E-state index contributed by atoms with van der Waals surface area (Å²) in [5.41, 5.74) is 4.33. The quantitative estimate of drug-likeness (QED) is 0.855. The number of nitrogens with zero attached hydrogens (tertiary/aromatic N) is 1. The fraction of sp³-hybridized carbons (Fsp3) is 0.409. The maximum atomic E-state index is 12.5. The van der Waals surface area contributed by atoms with Crippen molar-refractivity contribution in [3.63, 3.8) is 0 Å². The standard InChI is InChI=1S/C22H28N2O2/c1-16(2)23-22(25)20-9-5-11-21-19(20)10-6-12-24(21)13-14-26-18-8-4-7-17(3)15-18/h4-5,7-9,11,15-16H,6,10,12-14H2,1-3H3,(H,23,25). The predicted molar refractivity (Wildman–Crippen MR) is 106 cm³/mol. The third-order valence-corrected chi connectivity index (χ3v) is 4.63. The van der Waals surface area contributed by atoms with Crippen LogP contribution < -0.4 is 15.0 Å². The molecule has 0 saturated carbocycles. The maximum Gasteiger partial charge on any atom is 0.251 e. The molecule has 0 fully saturated rings. The average molecular weight is 352 g/mol. The minimum atomic E-state index is 0.0229. The van der Waals surface area contributed by atoms with Gasteiger partial charge in [0.1, 0.15) is 12.4 Å². The van der Waals surface area contributed by atoms with Crippen LogP contribution in [0.1, 0.15) is 41.8 Å². The van der Waals surface area contributed by atoms with Crippen LogP contribution in [0.5, 0.6) is 5.75 Å². The molecule has 0 aliphatic carbocycles. The Labute approximate surface area is 156 Å². The number of benzene rings is 2. The van der Waals surface area contributed by atoms with Gasteiger partial charge in [0.05, 0.1) is 6.54 Å². The monoisotopic (exact) mass is 352 g/mol. The van der Waals surface area contributed by atoms with Gasteiger partial charge >= 0.3 is 0 Å². The lowest BCUT2D eigenvalue weighted by Gasteiger charge is -2.32. The number of fused-ring (bicyclic) bond motifs is 1. The van der Waals surface area contributed by atoms with E-state index in [1.165, 1.54) is 11.3 Å². The van der Waals surface area contributed by atoms with Gasteiger partial charge in [0.2, 0.25) is 0 Å². The highest BCUT2D eigenvalue weighted by atomic mass is 16.5. The van der Waals surface area contributed by atoms with Crippen molar-refractivity contribution in [2.75, 3.05) is 24.6 Å². The first-order chi connectivity index (χ1) is 12.5. The molecule has 138 valence electrons. The second-order valence-electron chi connectivity index (χ2n) is 7.19. The summed E-state index contributed by atoms with van der Waals surface area (Å²) in [5.74, 6) is 0.932. The van der Waals surface area contributed by atoms with E-state index in [1.54, 1.807) is 0 Å². The van der Waals surface area contributed by atoms with Crippen molar-refractivity contribution in [2.24, 2.45) is 0 Å². The Kier molecular flexibility index (Phi) is 5.82. The zero-order valence-corrected chi connectivity index (χ0v) is 15.9. The van der Waals surface area contributed by atoms with Crippen molar-refractivity contribution in [1.82, 2.24) is 5.32 Å². The molecule has 4 heteroatoms. The lowest BCUT2D eigenvalue weighted by Crippen LogP contribution is -2.35. The van der Waals surface area contributed by atoms with E-state index >= 15 is 0 Å². The molecule has 0 saturated heterocycles. The summed E-state index contributed by atoms with van der Waals surface area (Å²) in [7, 11) is 0. The van der Waals surface area contributed by atoms with Gasteiger partial charge in [-0.05, 0) is 69.0 Å². The zero-order valence-electron chi connectivity index (χ0n) is 15.9. The number of rotatable bonds is 6. The molecule has 0 atom stereocenters. The van der Waals surface area contributed by atoms with E-state index in [-0.39, 0.29) is 11.9 Å². The lowest BCUT2D eigenvalue weighted by molar-refractivity contribution is 0.0942. The maximum absolute atomic E-state index is 12.5. The number of carbonyl (C=O) groups excluding carboxylic acids is 1. The summed E-state index contributed by atoms with van der Waals surface area (Å²) in [6, 6.07) is 14.3. The third kappa shape index (κ3) is 4.37. The van der Waals surface area contributed by atoms with Gasteiger partial charge in [-0.1, -0.05) is 18.2 Å². The van der Waals surface area contributed by atoms with Crippen LogP contribution in [-0.2, 0) is 6.42 Å². The topological polar surface area (TPSA) is 41.6 Å². The number of amides is 1. The van der Waals surface area contributed by atoms with E-state index in [1.807, 2.05) is 38.1 Å². The molecule has 4 nitrogen and oxygen atoms in total. The molecule has 0 radical (unpaired) electrons. The van der Waals surface area contributed by atoms with Gasteiger partial charge < -0.3 is 15.0 Å². The SMILES string of the molecule is Cc1cccc(OCCN2CCCc3c(C(=O)NC(C)C)cccc32)c1. The number of anilines is 1. The molecule has 26 heavy (non-hydrogen) atoms. The summed E-state index contributed by atoms with van der Waals surface area (Å²) < 4.78 is 5.91. The number of nitrogens with one attached hydrogen (secondary N) is 1. The fourth-order valence-corrected chi connectivity index (χ4v) is 3.46. The van der Waals surface area contributed by atoms with Crippen LogP contribution in [0.3, 0.4) is 0 Å². The third-order valence-electron chi connectivity index (χ3n) is 4.63. The molecule has 1 amide bonds. The molecule has 1 heterocycles. The first kappa shape index (κ1) is 18.3. The molecule has 0 spiro atoms. The van der Waals surface area contributed by atoms with Crippen molar-refractivity contribution in [3.05, 3.63) is 59.2 Å². The molecule has 2 aromatic carbocycles. The molecular formula is C22H28N2O2. The van der Waals surface area contributed by atoms with Gasteiger partial charge in [0.15, 0.2) is 0 Å². The first-order valence-electron chi connectivity index (χ1n) is 9.42. The van der Waals surface area contributed by atoms with Gasteiger partial charge in [0.25, 0.3) is 5.91 Å². The van der Waals surface area contributed by atoms with E-state index in [4.69, 9.17) is 4.74 Å². The molecule has 0 unspecified atom stereocenters. The van der Waals surface area contributed by atoms with Crippen molar-refractivity contribution in [3.8, 4) is 5.75 Å². The second kappa shape index (κ2) is 8.26. The van der Waals surface area contributed by atoms with Gasteiger partial charge in [0, 0.05) is 23.8 Å². The fourth-order valence-electron chi connectivity index (χ4n) is 3.46. The molecule has 1 aliphatic rings. The van der Waals surface area contributed by atoms with Crippen molar-refractivity contribution < 1.29 is 9.53 Å². The molecule has 0 aromatic heterocycles. The number of hydrogen-bond acceptors (Lipinski definition) is 3. The number of carbonyl (C=O) groups is 1. The van der Waals surface area contributed by atoms with E-state index < -0.39 is 0 Å². The summed E-state index contributed by atoms with van der Waals surface area (Å²) in [6.07, 6.45) is 2.01. The molecule has 1 N–H and O–H groups in total. The Balaban J connectivity index is 1.69. The predicted octanol–water partition coefficient (Wildman–Crippen LogP) is 3.96. The number of ether oxygens (including phenoxy) is 1. The van der Waals surface area contributed by atoms with Gasteiger partial charge in [-0.15, -0.1) is 0 Å². The number of hydrogen-bond donors (Lipinski definition) is 1. The van der Waals surface area contributed by atoms with Gasteiger partial charge in [-0.2, -0.15) is 0 Å².